The van der Waals surface area contributed by atoms with Gasteiger partial charge in [0.2, 0.25) is 0 Å². The molecule has 2 aliphatic rings. The minimum atomic E-state index is 0.195. The van der Waals surface area contributed by atoms with Gasteiger partial charge in [-0.05, 0) is 59.4 Å². The number of hydrogen-bond donors (Lipinski definition) is 0. The number of benzene rings is 2. The highest BCUT2D eigenvalue weighted by atomic mass is 16.5. The smallest absolute Gasteiger partial charge is 0.331 e. The molecule has 2 heterocycles. The second kappa shape index (κ2) is 9.67. The minimum Gasteiger partial charge on any atom is -0.497 e. The molecule has 4 rings (SSSR count). The van der Waals surface area contributed by atoms with E-state index in [1.54, 1.807) is 7.11 Å². The molecule has 0 amide bonds. The molecule has 2 bridgehead atoms. The lowest BCUT2D eigenvalue weighted by Crippen LogP contribution is -2.28. The minimum absolute atomic E-state index is 0.195. The van der Waals surface area contributed by atoms with Gasteiger partial charge < -0.3 is 9.39 Å². The zero-order valence-corrected chi connectivity index (χ0v) is 17.9. The van der Waals surface area contributed by atoms with Crippen molar-refractivity contribution in [2.45, 2.75) is 70.2 Å². The van der Waals surface area contributed by atoms with Crippen LogP contribution in [0.1, 0.15) is 69.4 Å². The van der Waals surface area contributed by atoms with E-state index in [0.717, 1.165) is 18.6 Å². The van der Waals surface area contributed by atoms with Crippen molar-refractivity contribution in [2.75, 3.05) is 7.11 Å². The number of allylic oxidation sites excluding steroid dienone is 1. The van der Waals surface area contributed by atoms with Crippen LogP contribution >= 0.6 is 0 Å². The third-order valence-corrected chi connectivity index (χ3v) is 6.60. The summed E-state index contributed by atoms with van der Waals surface area (Å²) >= 11 is 0. The Bertz CT molecular complexity index is 802. The van der Waals surface area contributed by atoms with Crippen LogP contribution in [0.2, 0.25) is 5.82 Å². The highest BCUT2D eigenvalue weighted by Crippen LogP contribution is 2.44. The van der Waals surface area contributed by atoms with E-state index in [1.807, 2.05) is 0 Å². The third kappa shape index (κ3) is 4.61. The fraction of sp³-hybridized carbons (Fsp3) is 0.462. The molecular formula is C26H33BO2. The van der Waals surface area contributed by atoms with Gasteiger partial charge in [-0.25, -0.2) is 0 Å². The molecule has 152 valence electrons. The Morgan fingerprint density at radius 3 is 2.24 bits per heavy atom. The van der Waals surface area contributed by atoms with Crippen LogP contribution in [-0.2, 0) is 4.65 Å². The normalized spacial score (nSPS) is 22.6. The molecule has 2 fully saturated rings. The molecule has 0 atom stereocenters. The van der Waals surface area contributed by atoms with Gasteiger partial charge >= 0.3 is 6.92 Å². The maximum atomic E-state index is 6.87. The first-order chi connectivity index (χ1) is 14.3. The van der Waals surface area contributed by atoms with Gasteiger partial charge in [0.25, 0.3) is 0 Å². The van der Waals surface area contributed by atoms with Crippen LogP contribution in [0.25, 0.3) is 11.0 Å². The molecule has 2 saturated heterocycles. The first-order valence-electron chi connectivity index (χ1n) is 11.4. The van der Waals surface area contributed by atoms with Crippen LogP contribution in [0.4, 0.5) is 0 Å². The van der Waals surface area contributed by atoms with Crippen LogP contribution in [0, 0.1) is 0 Å². The number of hydrogen-bond acceptors (Lipinski definition) is 2. The van der Waals surface area contributed by atoms with Gasteiger partial charge in [0.15, 0.2) is 0 Å². The van der Waals surface area contributed by atoms with E-state index in [4.69, 9.17) is 9.39 Å². The summed E-state index contributed by atoms with van der Waals surface area (Å²) in [4.78, 5) is 0. The van der Waals surface area contributed by atoms with Crippen LogP contribution < -0.4 is 4.74 Å². The first kappa shape index (κ1) is 20.3. The van der Waals surface area contributed by atoms with Crippen molar-refractivity contribution in [1.29, 1.82) is 0 Å². The molecule has 0 N–H and O–H groups in total. The number of rotatable bonds is 6. The average Bonchev–Trinajstić information content (AvgIpc) is 3.07. The summed E-state index contributed by atoms with van der Waals surface area (Å²) in [6.07, 6.45) is 10.2. The summed E-state index contributed by atoms with van der Waals surface area (Å²) in [6, 6.07) is 19.6. The molecule has 3 heteroatoms. The van der Waals surface area contributed by atoms with Crippen LogP contribution in [0.3, 0.4) is 0 Å². The highest BCUT2D eigenvalue weighted by Gasteiger charge is 2.39. The zero-order chi connectivity index (χ0) is 20.1. The van der Waals surface area contributed by atoms with Gasteiger partial charge in [0.05, 0.1) is 7.11 Å². The Morgan fingerprint density at radius 2 is 1.62 bits per heavy atom. The average molecular weight is 388 g/mol. The van der Waals surface area contributed by atoms with E-state index in [2.05, 4.69) is 61.5 Å². The van der Waals surface area contributed by atoms with Crippen LogP contribution in [0.5, 0.6) is 5.75 Å². The summed E-state index contributed by atoms with van der Waals surface area (Å²) in [7, 11) is 1.73. The van der Waals surface area contributed by atoms with E-state index in [1.165, 1.54) is 60.7 Å². The van der Waals surface area contributed by atoms with E-state index in [0.29, 0.717) is 11.9 Å². The van der Waals surface area contributed by atoms with Crippen molar-refractivity contribution < 1.29 is 9.39 Å². The van der Waals surface area contributed by atoms with Crippen molar-refractivity contribution in [3.63, 3.8) is 0 Å². The number of ether oxygens (including phenoxy) is 1. The van der Waals surface area contributed by atoms with Crippen LogP contribution in [-0.4, -0.2) is 20.1 Å². The Hall–Kier alpha value is -2.00. The molecule has 2 aliphatic heterocycles. The molecule has 0 aliphatic carbocycles. The van der Waals surface area contributed by atoms with Crippen molar-refractivity contribution in [2.24, 2.45) is 0 Å². The predicted molar refractivity (Wildman–Crippen MR) is 123 cm³/mol. The SMILES string of the molecule is CCC/C(=C(/B1OC2CCCC1CCC2)c1ccc(OC)cc1)c1ccccc1. The summed E-state index contributed by atoms with van der Waals surface area (Å²) < 4.78 is 12.3. The van der Waals surface area contributed by atoms with E-state index >= 15 is 0 Å². The number of methoxy groups -OCH3 is 1. The van der Waals surface area contributed by atoms with E-state index in [9.17, 15) is 0 Å². The molecule has 29 heavy (non-hydrogen) atoms. The predicted octanol–water partition coefficient (Wildman–Crippen LogP) is 7.06. The molecule has 0 saturated carbocycles. The van der Waals surface area contributed by atoms with Gasteiger partial charge in [0.1, 0.15) is 5.75 Å². The third-order valence-electron chi connectivity index (χ3n) is 6.60. The van der Waals surface area contributed by atoms with Gasteiger partial charge in [-0.15, -0.1) is 0 Å². The summed E-state index contributed by atoms with van der Waals surface area (Å²) in [5.74, 6) is 1.53. The lowest BCUT2D eigenvalue weighted by molar-refractivity contribution is 0.191. The zero-order valence-electron chi connectivity index (χ0n) is 17.9. The maximum Gasteiger partial charge on any atom is 0.331 e. The molecule has 0 unspecified atom stereocenters. The van der Waals surface area contributed by atoms with Gasteiger partial charge in [-0.3, -0.25) is 0 Å². The monoisotopic (exact) mass is 388 g/mol. The van der Waals surface area contributed by atoms with Gasteiger partial charge in [-0.1, -0.05) is 81.5 Å². The second-order valence-corrected chi connectivity index (χ2v) is 8.54. The fourth-order valence-corrected chi connectivity index (χ4v) is 5.17. The largest absolute Gasteiger partial charge is 0.497 e. The highest BCUT2D eigenvalue weighted by molar-refractivity contribution is 6.77. The molecule has 0 spiro atoms. The van der Waals surface area contributed by atoms with Crippen LogP contribution in [0.15, 0.2) is 54.6 Å². The standard InChI is InChI=1S/C26H33BO2/c1-3-9-25(20-10-5-4-6-11-20)26(21-16-18-23(28-2)19-17-21)27-22-12-7-14-24(29-27)15-8-13-22/h4-6,10-11,16-19,22,24H,3,7-9,12-15H2,1-2H3/b26-25-. The summed E-state index contributed by atoms with van der Waals surface area (Å²) in [5.41, 5.74) is 5.49. The van der Waals surface area contributed by atoms with Crippen molar-refractivity contribution >= 4 is 18.0 Å². The number of fused-ring (bicyclic) bond motifs is 3. The second-order valence-electron chi connectivity index (χ2n) is 8.54. The van der Waals surface area contributed by atoms with Crippen molar-refractivity contribution in [3.05, 3.63) is 65.7 Å². The molecular weight excluding hydrogens is 355 g/mol. The molecule has 0 radical (unpaired) electrons. The Morgan fingerprint density at radius 1 is 0.931 bits per heavy atom. The Balaban J connectivity index is 1.87. The quantitative estimate of drug-likeness (QED) is 0.390. The van der Waals surface area contributed by atoms with Crippen molar-refractivity contribution in [1.82, 2.24) is 0 Å². The summed E-state index contributed by atoms with van der Waals surface area (Å²) in [5, 5.41) is 0. The first-order valence-corrected chi connectivity index (χ1v) is 11.4. The fourth-order valence-electron chi connectivity index (χ4n) is 5.17. The van der Waals surface area contributed by atoms with E-state index < -0.39 is 0 Å². The van der Waals surface area contributed by atoms with Gasteiger partial charge in [-0.2, -0.15) is 0 Å². The van der Waals surface area contributed by atoms with Gasteiger partial charge in [0, 0.05) is 6.10 Å². The molecule has 2 nitrogen and oxygen atoms in total. The summed E-state index contributed by atoms with van der Waals surface area (Å²) in [6.45, 7) is 2.47. The topological polar surface area (TPSA) is 18.5 Å². The molecule has 0 aromatic heterocycles. The Labute approximate surface area is 176 Å². The lowest BCUT2D eigenvalue weighted by Gasteiger charge is -2.27. The molecule has 2 aromatic rings. The molecule has 2 aromatic carbocycles. The Kier molecular flexibility index (Phi) is 6.76. The van der Waals surface area contributed by atoms with E-state index in [-0.39, 0.29) is 6.92 Å². The van der Waals surface area contributed by atoms with Crippen molar-refractivity contribution in [3.8, 4) is 5.75 Å². The lowest BCUT2D eigenvalue weighted by atomic mass is 9.46. The maximum absolute atomic E-state index is 6.87.